The zero-order valence-corrected chi connectivity index (χ0v) is 15.3. The van der Waals surface area contributed by atoms with Crippen molar-refractivity contribution in [3.05, 3.63) is 38.3 Å². The van der Waals surface area contributed by atoms with Gasteiger partial charge in [0.25, 0.3) is 11.1 Å². The Hall–Kier alpha value is -1.35. The number of halogens is 1. The summed E-state index contributed by atoms with van der Waals surface area (Å²) in [7, 11) is 0. The van der Waals surface area contributed by atoms with Gasteiger partial charge in [-0.05, 0) is 71.0 Å². The first-order chi connectivity index (χ1) is 11.0. The summed E-state index contributed by atoms with van der Waals surface area (Å²) >= 11 is 3.09. The van der Waals surface area contributed by atoms with E-state index in [0.717, 1.165) is 38.6 Å². The zero-order valence-electron chi connectivity index (χ0n) is 12.3. The largest absolute Gasteiger partial charge is 0.341 e. The number of imide groups is 1. The van der Waals surface area contributed by atoms with Gasteiger partial charge in [-0.3, -0.25) is 19.3 Å². The fourth-order valence-electron chi connectivity index (χ4n) is 2.59. The fraction of sp³-hybridized carbons (Fsp3) is 0.312. The van der Waals surface area contributed by atoms with Gasteiger partial charge >= 0.3 is 0 Å². The summed E-state index contributed by atoms with van der Waals surface area (Å²) in [6.45, 7) is 1.27. The highest BCUT2D eigenvalue weighted by molar-refractivity contribution is 14.1. The van der Waals surface area contributed by atoms with Crippen LogP contribution in [0.4, 0.5) is 4.79 Å². The molecule has 0 aromatic heterocycles. The number of likely N-dealkylation sites (tertiary alicyclic amines) is 1. The molecule has 0 unspecified atom stereocenters. The topological polar surface area (TPSA) is 57.7 Å². The highest BCUT2D eigenvalue weighted by atomic mass is 127. The van der Waals surface area contributed by atoms with Gasteiger partial charge in [-0.2, -0.15) is 0 Å². The van der Waals surface area contributed by atoms with Gasteiger partial charge in [0.1, 0.15) is 6.54 Å². The van der Waals surface area contributed by atoms with Gasteiger partial charge in [0.05, 0.1) is 4.91 Å². The van der Waals surface area contributed by atoms with Crippen LogP contribution in [0.3, 0.4) is 0 Å². The zero-order chi connectivity index (χ0) is 16.4. The van der Waals surface area contributed by atoms with E-state index in [4.69, 9.17) is 0 Å². The van der Waals surface area contributed by atoms with Gasteiger partial charge in [-0.1, -0.05) is 12.1 Å². The standard InChI is InChI=1S/C16H15IN2O3S/c17-12-5-3-4-11(8-12)9-13-15(21)19(16(22)23-13)10-14(20)18-6-1-2-7-18/h3-5,8-9H,1-2,6-7,10H2/b13-9+. The fourth-order valence-corrected chi connectivity index (χ4v) is 3.99. The number of nitrogens with zero attached hydrogens (tertiary/aromatic N) is 2. The van der Waals surface area contributed by atoms with Crippen LogP contribution in [0.25, 0.3) is 6.08 Å². The van der Waals surface area contributed by atoms with E-state index in [-0.39, 0.29) is 23.6 Å². The average molecular weight is 442 g/mol. The molecule has 0 saturated carbocycles. The molecule has 7 heteroatoms. The summed E-state index contributed by atoms with van der Waals surface area (Å²) in [6.07, 6.45) is 3.67. The van der Waals surface area contributed by atoms with Crippen LogP contribution in [0.1, 0.15) is 18.4 Å². The minimum atomic E-state index is -0.383. The van der Waals surface area contributed by atoms with Gasteiger partial charge < -0.3 is 4.90 Å². The van der Waals surface area contributed by atoms with E-state index in [0.29, 0.717) is 18.0 Å². The summed E-state index contributed by atoms with van der Waals surface area (Å²) in [4.78, 5) is 39.7. The molecule has 2 heterocycles. The van der Waals surface area contributed by atoms with Crippen molar-refractivity contribution in [2.45, 2.75) is 12.8 Å². The number of thioether (sulfide) groups is 1. The van der Waals surface area contributed by atoms with E-state index in [2.05, 4.69) is 22.6 Å². The molecule has 2 fully saturated rings. The Labute approximate surface area is 152 Å². The first-order valence-electron chi connectivity index (χ1n) is 7.33. The smallest absolute Gasteiger partial charge is 0.294 e. The molecule has 3 rings (SSSR count). The normalized spacial score (nSPS) is 20.0. The molecule has 5 nitrogen and oxygen atoms in total. The molecule has 0 aliphatic carbocycles. The van der Waals surface area contributed by atoms with Crippen LogP contribution >= 0.6 is 34.4 Å². The van der Waals surface area contributed by atoms with Crippen LogP contribution in [0.5, 0.6) is 0 Å². The van der Waals surface area contributed by atoms with E-state index in [1.807, 2.05) is 24.3 Å². The van der Waals surface area contributed by atoms with Gasteiger partial charge in [0.15, 0.2) is 0 Å². The monoisotopic (exact) mass is 442 g/mol. The Bertz CT molecular complexity index is 698. The number of rotatable bonds is 3. The maximum atomic E-state index is 12.4. The molecule has 2 saturated heterocycles. The van der Waals surface area contributed by atoms with Crippen LogP contribution < -0.4 is 0 Å². The Kier molecular flexibility index (Phi) is 5.05. The van der Waals surface area contributed by atoms with Crippen molar-refractivity contribution in [1.29, 1.82) is 0 Å². The van der Waals surface area contributed by atoms with E-state index in [9.17, 15) is 14.4 Å². The average Bonchev–Trinajstić information content (AvgIpc) is 3.12. The second kappa shape index (κ2) is 7.04. The summed E-state index contributed by atoms with van der Waals surface area (Å²) in [6, 6.07) is 7.67. The van der Waals surface area contributed by atoms with Crippen molar-refractivity contribution >= 4 is 57.5 Å². The Morgan fingerprint density at radius 1 is 1.26 bits per heavy atom. The van der Waals surface area contributed by atoms with Crippen molar-refractivity contribution in [3.63, 3.8) is 0 Å². The summed E-state index contributed by atoms with van der Waals surface area (Å²) in [5.74, 6) is -0.535. The van der Waals surface area contributed by atoms with Crippen molar-refractivity contribution in [2.24, 2.45) is 0 Å². The number of hydrogen-bond acceptors (Lipinski definition) is 4. The van der Waals surface area contributed by atoms with Gasteiger partial charge in [0, 0.05) is 16.7 Å². The minimum absolute atomic E-state index is 0.152. The second-order valence-electron chi connectivity index (χ2n) is 5.41. The maximum absolute atomic E-state index is 12.4. The predicted molar refractivity (Wildman–Crippen MR) is 97.7 cm³/mol. The molecule has 3 amide bonds. The lowest BCUT2D eigenvalue weighted by molar-refractivity contribution is -0.135. The Morgan fingerprint density at radius 3 is 2.70 bits per heavy atom. The highest BCUT2D eigenvalue weighted by Gasteiger charge is 2.37. The third kappa shape index (κ3) is 3.77. The third-order valence-electron chi connectivity index (χ3n) is 3.77. The second-order valence-corrected chi connectivity index (χ2v) is 7.65. The SMILES string of the molecule is O=C(CN1C(=O)S/C(=C/c2cccc(I)c2)C1=O)N1CCCC1. The molecule has 0 spiro atoms. The van der Waals surface area contributed by atoms with E-state index < -0.39 is 0 Å². The Balaban J connectivity index is 1.73. The van der Waals surface area contributed by atoms with Crippen LogP contribution in [0.2, 0.25) is 0 Å². The molecule has 2 aliphatic rings. The predicted octanol–water partition coefficient (Wildman–Crippen LogP) is 2.95. The lowest BCUT2D eigenvalue weighted by Crippen LogP contribution is -2.40. The van der Waals surface area contributed by atoms with E-state index in [1.165, 1.54) is 0 Å². The molecule has 1 aromatic rings. The maximum Gasteiger partial charge on any atom is 0.294 e. The molecule has 0 atom stereocenters. The molecule has 0 N–H and O–H groups in total. The van der Waals surface area contributed by atoms with Gasteiger partial charge in [0.2, 0.25) is 5.91 Å². The van der Waals surface area contributed by atoms with Crippen LogP contribution in [-0.4, -0.2) is 46.5 Å². The lowest BCUT2D eigenvalue weighted by atomic mass is 10.2. The van der Waals surface area contributed by atoms with Crippen LogP contribution in [-0.2, 0) is 9.59 Å². The number of amides is 3. The summed E-state index contributed by atoms with van der Waals surface area (Å²) in [5.41, 5.74) is 0.869. The van der Waals surface area contributed by atoms with Gasteiger partial charge in [-0.15, -0.1) is 0 Å². The Morgan fingerprint density at radius 2 is 2.00 bits per heavy atom. The van der Waals surface area contributed by atoms with Crippen LogP contribution in [0, 0.1) is 3.57 Å². The first-order valence-corrected chi connectivity index (χ1v) is 9.23. The molecular weight excluding hydrogens is 427 g/mol. The molecule has 1 aromatic carbocycles. The minimum Gasteiger partial charge on any atom is -0.341 e. The summed E-state index contributed by atoms with van der Waals surface area (Å²) < 4.78 is 1.06. The van der Waals surface area contributed by atoms with Crippen LogP contribution in [0.15, 0.2) is 29.2 Å². The van der Waals surface area contributed by atoms with Crippen molar-refractivity contribution in [1.82, 2.24) is 9.80 Å². The van der Waals surface area contributed by atoms with Gasteiger partial charge in [-0.25, -0.2) is 0 Å². The number of hydrogen-bond donors (Lipinski definition) is 0. The third-order valence-corrected chi connectivity index (χ3v) is 5.35. The number of benzene rings is 1. The molecule has 0 bridgehead atoms. The van der Waals surface area contributed by atoms with Crippen molar-refractivity contribution < 1.29 is 14.4 Å². The number of carbonyl (C=O) groups excluding carboxylic acids is 3. The first kappa shape index (κ1) is 16.5. The molecule has 0 radical (unpaired) electrons. The molecule has 120 valence electrons. The summed E-state index contributed by atoms with van der Waals surface area (Å²) in [5, 5.41) is -0.376. The van der Waals surface area contributed by atoms with E-state index in [1.54, 1.807) is 11.0 Å². The van der Waals surface area contributed by atoms with E-state index >= 15 is 0 Å². The molecule has 2 aliphatic heterocycles. The quantitative estimate of drug-likeness (QED) is 0.534. The molecular formula is C16H15IN2O3S. The highest BCUT2D eigenvalue weighted by Crippen LogP contribution is 2.32. The van der Waals surface area contributed by atoms with Crippen molar-refractivity contribution in [2.75, 3.05) is 19.6 Å². The van der Waals surface area contributed by atoms with Crippen molar-refractivity contribution in [3.8, 4) is 0 Å². The number of carbonyl (C=O) groups is 3. The lowest BCUT2D eigenvalue weighted by Gasteiger charge is -2.18. The molecule has 23 heavy (non-hydrogen) atoms.